The maximum absolute atomic E-state index is 13.2. The van der Waals surface area contributed by atoms with E-state index in [1.807, 2.05) is 0 Å². The van der Waals surface area contributed by atoms with Crippen molar-refractivity contribution in [3.05, 3.63) is 24.3 Å². The van der Waals surface area contributed by atoms with Crippen molar-refractivity contribution in [1.29, 1.82) is 0 Å². The predicted molar refractivity (Wildman–Crippen MR) is 202 cm³/mol. The van der Waals surface area contributed by atoms with Gasteiger partial charge in [-0.3, -0.25) is 9.59 Å². The fourth-order valence-corrected chi connectivity index (χ4v) is 6.93. The predicted octanol–water partition coefficient (Wildman–Crippen LogP) is 14.5. The first kappa shape index (κ1) is 44.1. The number of hydrogen-bond donors (Lipinski definition) is 0. The number of rotatable bonds is 33. The van der Waals surface area contributed by atoms with Gasteiger partial charge in [-0.2, -0.15) is 0 Å². The molecule has 264 valence electrons. The summed E-state index contributed by atoms with van der Waals surface area (Å²) in [6.07, 6.45) is 42.9. The first-order chi connectivity index (χ1) is 21.8. The first-order valence-corrected chi connectivity index (χ1v) is 20.2. The highest BCUT2D eigenvalue weighted by Gasteiger charge is 2.39. The normalized spacial score (nSPS) is 13.6. The van der Waals surface area contributed by atoms with E-state index in [9.17, 15) is 9.59 Å². The Balaban J connectivity index is 4.00. The second kappa shape index (κ2) is 31.7. The molecule has 0 aromatic carbocycles. The van der Waals surface area contributed by atoms with E-state index in [-0.39, 0.29) is 17.0 Å². The fourth-order valence-electron chi connectivity index (χ4n) is 6.30. The van der Waals surface area contributed by atoms with Crippen LogP contribution in [0.2, 0.25) is 0 Å². The van der Waals surface area contributed by atoms with Gasteiger partial charge in [0.05, 0.1) is 0 Å². The zero-order valence-electron chi connectivity index (χ0n) is 31.0. The number of carbonyl (C=O) groups is 2. The summed E-state index contributed by atoms with van der Waals surface area (Å²) in [5.74, 6) is -0.156. The largest absolute Gasteiger partial charge is 0.299 e. The van der Waals surface area contributed by atoms with Crippen LogP contribution in [-0.4, -0.2) is 16.9 Å². The number of unbranched alkanes of at least 4 members (excludes halogenated alkanes) is 22. The van der Waals surface area contributed by atoms with Crippen LogP contribution in [0, 0.1) is 11.3 Å². The highest BCUT2D eigenvalue weighted by atomic mass is 35.5. The van der Waals surface area contributed by atoms with Gasteiger partial charge < -0.3 is 0 Å². The number of ketones is 2. The lowest BCUT2D eigenvalue weighted by molar-refractivity contribution is -0.131. The number of allylic oxidation sites excluding steroid dienone is 4. The lowest BCUT2D eigenvalue weighted by Crippen LogP contribution is -2.40. The number of alkyl halides is 1. The van der Waals surface area contributed by atoms with Gasteiger partial charge in [-0.1, -0.05) is 162 Å². The molecule has 0 rings (SSSR count). The summed E-state index contributed by atoms with van der Waals surface area (Å²) in [5, 5.41) is -0.697. The Morgan fingerprint density at radius 2 is 0.756 bits per heavy atom. The molecule has 0 heterocycles. The molecule has 0 radical (unpaired) electrons. The lowest BCUT2D eigenvalue weighted by Gasteiger charge is -2.32. The van der Waals surface area contributed by atoms with E-state index in [4.69, 9.17) is 11.6 Å². The summed E-state index contributed by atoms with van der Waals surface area (Å²) in [7, 11) is 0. The summed E-state index contributed by atoms with van der Waals surface area (Å²) in [5.41, 5.74) is -0.302. The van der Waals surface area contributed by atoms with E-state index in [0.717, 1.165) is 25.7 Å². The second-order valence-corrected chi connectivity index (χ2v) is 15.3. The van der Waals surface area contributed by atoms with Crippen molar-refractivity contribution >= 4 is 23.2 Å². The third kappa shape index (κ3) is 27.9. The topological polar surface area (TPSA) is 34.1 Å². The summed E-state index contributed by atoms with van der Waals surface area (Å²) in [6, 6.07) is 0. The molecule has 0 fully saturated rings. The maximum Gasteiger partial charge on any atom is 0.151 e. The van der Waals surface area contributed by atoms with Crippen molar-refractivity contribution < 1.29 is 9.59 Å². The molecule has 3 heteroatoms. The Morgan fingerprint density at radius 1 is 0.467 bits per heavy atom. The van der Waals surface area contributed by atoms with E-state index in [1.54, 1.807) is 0 Å². The number of Topliss-reactive ketones (excluding diaryl/α,β-unsaturated/α-hetero) is 2. The number of hydrogen-bond acceptors (Lipinski definition) is 2. The van der Waals surface area contributed by atoms with Crippen LogP contribution < -0.4 is 0 Å². The van der Waals surface area contributed by atoms with Crippen molar-refractivity contribution in [2.75, 3.05) is 0 Å². The molecule has 0 aromatic heterocycles. The average Bonchev–Trinajstić information content (AvgIpc) is 3.00. The standard InChI is InChI=1S/C42H77ClO2/c1-6-8-10-12-14-16-18-20-22-24-26-28-30-32-34-36-38(44)40(42(3,4)5)41(43)39(45)37-35-33-31-29-27-25-23-21-19-17-15-13-11-9-7-2/h20-23,40-41H,6-19,24-37H2,1-5H3/b22-20-,23-21-. The van der Waals surface area contributed by atoms with Gasteiger partial charge in [-0.15, -0.1) is 11.6 Å². The van der Waals surface area contributed by atoms with E-state index in [2.05, 4.69) is 58.9 Å². The van der Waals surface area contributed by atoms with Gasteiger partial charge in [0.15, 0.2) is 5.78 Å². The Bertz CT molecular complexity index is 731. The van der Waals surface area contributed by atoms with Gasteiger partial charge in [0, 0.05) is 18.8 Å². The van der Waals surface area contributed by atoms with Gasteiger partial charge >= 0.3 is 0 Å². The van der Waals surface area contributed by atoms with Crippen LogP contribution in [-0.2, 0) is 9.59 Å². The van der Waals surface area contributed by atoms with Crippen molar-refractivity contribution in [3.63, 3.8) is 0 Å². The SMILES string of the molecule is CCCCCCCC/C=C\CCCCCCCC(=O)C(Cl)C(C(=O)CCCCCCC/C=C\CCCCCCCC)C(C)(C)C. The van der Waals surface area contributed by atoms with Crippen molar-refractivity contribution in [2.45, 2.75) is 220 Å². The van der Waals surface area contributed by atoms with E-state index in [0.29, 0.717) is 12.8 Å². The van der Waals surface area contributed by atoms with Crippen LogP contribution in [0.15, 0.2) is 24.3 Å². The van der Waals surface area contributed by atoms with Crippen molar-refractivity contribution in [2.24, 2.45) is 11.3 Å². The molecule has 0 aromatic rings. The molecule has 2 atom stereocenters. The fraction of sp³-hybridized carbons (Fsp3) is 0.857. The van der Waals surface area contributed by atoms with E-state index < -0.39 is 11.3 Å². The molecule has 2 unspecified atom stereocenters. The van der Waals surface area contributed by atoms with Gasteiger partial charge in [0.25, 0.3) is 0 Å². The zero-order valence-corrected chi connectivity index (χ0v) is 31.7. The van der Waals surface area contributed by atoms with Crippen LogP contribution in [0.1, 0.15) is 214 Å². The van der Waals surface area contributed by atoms with Gasteiger partial charge in [0.2, 0.25) is 0 Å². The molecule has 0 aliphatic carbocycles. The highest BCUT2D eigenvalue weighted by molar-refractivity contribution is 6.32. The molecule has 2 nitrogen and oxygen atoms in total. The lowest BCUT2D eigenvalue weighted by atomic mass is 9.73. The Morgan fingerprint density at radius 3 is 1.09 bits per heavy atom. The quantitative estimate of drug-likeness (QED) is 0.0403. The number of carbonyl (C=O) groups excluding carboxylic acids is 2. The second-order valence-electron chi connectivity index (χ2n) is 14.8. The zero-order chi connectivity index (χ0) is 33.4. The molecule has 0 aliphatic heterocycles. The minimum Gasteiger partial charge on any atom is -0.299 e. The molecular formula is C42H77ClO2. The van der Waals surface area contributed by atoms with Gasteiger partial charge in [-0.05, 0) is 69.6 Å². The smallest absolute Gasteiger partial charge is 0.151 e. The Kier molecular flexibility index (Phi) is 31.1. The molecule has 0 spiro atoms. The van der Waals surface area contributed by atoms with Gasteiger partial charge in [-0.25, -0.2) is 0 Å². The van der Waals surface area contributed by atoms with Crippen molar-refractivity contribution in [1.82, 2.24) is 0 Å². The first-order valence-electron chi connectivity index (χ1n) is 19.7. The van der Waals surface area contributed by atoms with Crippen LogP contribution >= 0.6 is 11.6 Å². The summed E-state index contributed by atoms with van der Waals surface area (Å²) >= 11 is 6.73. The van der Waals surface area contributed by atoms with Crippen LogP contribution in [0.3, 0.4) is 0 Å². The Hall–Kier alpha value is -0.890. The number of halogens is 1. The van der Waals surface area contributed by atoms with Gasteiger partial charge in [0.1, 0.15) is 11.2 Å². The van der Waals surface area contributed by atoms with Crippen LogP contribution in [0.25, 0.3) is 0 Å². The monoisotopic (exact) mass is 649 g/mol. The summed E-state index contributed by atoms with van der Waals surface area (Å²) in [4.78, 5) is 26.2. The molecule has 45 heavy (non-hydrogen) atoms. The molecule has 0 aliphatic rings. The van der Waals surface area contributed by atoms with E-state index >= 15 is 0 Å². The highest BCUT2D eigenvalue weighted by Crippen LogP contribution is 2.35. The van der Waals surface area contributed by atoms with E-state index in [1.165, 1.54) is 141 Å². The molecule has 0 bridgehead atoms. The molecular weight excluding hydrogens is 572 g/mol. The third-order valence-corrected chi connectivity index (χ3v) is 9.75. The molecule has 0 saturated carbocycles. The minimum atomic E-state index is -0.697. The van der Waals surface area contributed by atoms with Crippen LogP contribution in [0.4, 0.5) is 0 Å². The molecule has 0 saturated heterocycles. The van der Waals surface area contributed by atoms with Crippen LogP contribution in [0.5, 0.6) is 0 Å². The third-order valence-electron chi connectivity index (χ3n) is 9.25. The average molecular weight is 650 g/mol. The molecule has 0 N–H and O–H groups in total. The molecule has 0 amide bonds. The summed E-state index contributed by atoms with van der Waals surface area (Å²) in [6.45, 7) is 10.7. The maximum atomic E-state index is 13.2. The van der Waals surface area contributed by atoms with Crippen molar-refractivity contribution in [3.8, 4) is 0 Å². The minimum absolute atomic E-state index is 0.0621. The Labute approximate surface area is 287 Å². The summed E-state index contributed by atoms with van der Waals surface area (Å²) < 4.78 is 0.